The van der Waals surface area contributed by atoms with E-state index >= 15 is 0 Å². The molecule has 2 aliphatic heterocycles. The lowest BCUT2D eigenvalue weighted by molar-refractivity contribution is 0.0588. The molecule has 5 heterocycles. The van der Waals surface area contributed by atoms with Crippen LogP contribution in [0.3, 0.4) is 0 Å². The number of rotatable bonds is 4. The number of aromatic nitrogens is 6. The lowest BCUT2D eigenvalue weighted by Crippen LogP contribution is -2.65. The molecule has 3 aromatic rings. The van der Waals surface area contributed by atoms with Crippen molar-refractivity contribution < 1.29 is 9.53 Å². The van der Waals surface area contributed by atoms with Gasteiger partial charge in [0.15, 0.2) is 5.82 Å². The molecule has 2 unspecified atom stereocenters. The molecule has 0 radical (unpaired) electrons. The molecule has 10 heteroatoms. The second-order valence-electron chi connectivity index (χ2n) is 8.01. The lowest BCUT2D eigenvalue weighted by Gasteiger charge is -2.53. The van der Waals surface area contributed by atoms with Crippen molar-refractivity contribution in [3.05, 3.63) is 47.5 Å². The molecule has 0 saturated carbocycles. The van der Waals surface area contributed by atoms with Crippen LogP contribution < -0.4 is 9.64 Å². The number of fused-ring (bicyclic) bond motifs is 1. The Balaban J connectivity index is 1.40. The van der Waals surface area contributed by atoms with Gasteiger partial charge in [0.25, 0.3) is 5.91 Å². The first-order chi connectivity index (χ1) is 15.0. The SMILES string of the molecule is COc1ccc(C(=O)N2CCC3CN(c4nc(C)cc(C)n4)C3C2)c(-n2nccn2)n1. The standard InChI is InChI=1S/C21H24N8O2/c1-13-10-14(2)25-21(24-13)28-11-15-6-9-27(12-17(15)28)20(30)16-4-5-18(31-3)26-19(16)29-22-7-8-23-29/h4-5,7-8,10,15,17H,6,9,11-12H2,1-3H3. The molecule has 0 bridgehead atoms. The summed E-state index contributed by atoms with van der Waals surface area (Å²) in [5, 5.41) is 8.30. The number of hydrogen-bond acceptors (Lipinski definition) is 8. The number of likely N-dealkylation sites (tertiary alicyclic amines) is 1. The number of aryl methyl sites for hydroxylation is 2. The molecule has 31 heavy (non-hydrogen) atoms. The van der Waals surface area contributed by atoms with E-state index < -0.39 is 0 Å². The fourth-order valence-corrected chi connectivity index (χ4v) is 4.41. The molecule has 2 saturated heterocycles. The average molecular weight is 420 g/mol. The minimum absolute atomic E-state index is 0.0888. The van der Waals surface area contributed by atoms with Gasteiger partial charge in [-0.05, 0) is 32.4 Å². The minimum Gasteiger partial charge on any atom is -0.481 e. The summed E-state index contributed by atoms with van der Waals surface area (Å²) >= 11 is 0. The van der Waals surface area contributed by atoms with Gasteiger partial charge in [0, 0.05) is 43.0 Å². The first-order valence-electron chi connectivity index (χ1n) is 10.3. The molecular formula is C21H24N8O2. The highest BCUT2D eigenvalue weighted by Crippen LogP contribution is 2.35. The third-order valence-electron chi connectivity index (χ3n) is 5.96. The van der Waals surface area contributed by atoms with Crippen LogP contribution in [-0.2, 0) is 0 Å². The number of nitrogens with zero attached hydrogens (tertiary/aromatic N) is 8. The van der Waals surface area contributed by atoms with E-state index in [4.69, 9.17) is 4.74 Å². The molecule has 160 valence electrons. The fourth-order valence-electron chi connectivity index (χ4n) is 4.41. The van der Waals surface area contributed by atoms with Crippen LogP contribution >= 0.6 is 0 Å². The molecule has 3 aromatic heterocycles. The number of carbonyl (C=O) groups excluding carboxylic acids is 1. The van der Waals surface area contributed by atoms with E-state index in [-0.39, 0.29) is 11.9 Å². The number of anilines is 1. The predicted octanol–water partition coefficient (Wildman–Crippen LogP) is 1.43. The number of piperidine rings is 1. The van der Waals surface area contributed by atoms with E-state index in [1.165, 1.54) is 11.9 Å². The smallest absolute Gasteiger partial charge is 0.257 e. The molecule has 0 aliphatic carbocycles. The zero-order valence-electron chi connectivity index (χ0n) is 17.8. The fraction of sp³-hybridized carbons (Fsp3) is 0.429. The van der Waals surface area contributed by atoms with Gasteiger partial charge in [-0.15, -0.1) is 4.80 Å². The summed E-state index contributed by atoms with van der Waals surface area (Å²) < 4.78 is 5.23. The van der Waals surface area contributed by atoms with Gasteiger partial charge < -0.3 is 14.5 Å². The van der Waals surface area contributed by atoms with Crippen LogP contribution in [0, 0.1) is 19.8 Å². The maximum atomic E-state index is 13.5. The topological polar surface area (TPSA) is 102 Å². The van der Waals surface area contributed by atoms with Crippen molar-refractivity contribution in [2.75, 3.05) is 31.6 Å². The van der Waals surface area contributed by atoms with Gasteiger partial charge in [0.1, 0.15) is 0 Å². The predicted molar refractivity (Wildman–Crippen MR) is 112 cm³/mol. The van der Waals surface area contributed by atoms with Gasteiger partial charge >= 0.3 is 0 Å². The van der Waals surface area contributed by atoms with Crippen molar-refractivity contribution in [3.63, 3.8) is 0 Å². The summed E-state index contributed by atoms with van der Waals surface area (Å²) in [4.78, 5) is 32.6. The van der Waals surface area contributed by atoms with Crippen molar-refractivity contribution in [2.45, 2.75) is 26.3 Å². The van der Waals surface area contributed by atoms with Crippen molar-refractivity contribution >= 4 is 11.9 Å². The van der Waals surface area contributed by atoms with E-state index in [1.807, 2.05) is 24.8 Å². The highest BCUT2D eigenvalue weighted by Gasteiger charge is 2.45. The van der Waals surface area contributed by atoms with Gasteiger partial charge in [-0.1, -0.05) is 0 Å². The molecule has 10 nitrogen and oxygen atoms in total. The molecule has 0 N–H and O–H groups in total. The number of methoxy groups -OCH3 is 1. The summed E-state index contributed by atoms with van der Waals surface area (Å²) in [5.41, 5.74) is 2.36. The third-order valence-corrected chi connectivity index (χ3v) is 5.96. The van der Waals surface area contributed by atoms with Crippen LogP contribution in [0.4, 0.5) is 5.95 Å². The quantitative estimate of drug-likeness (QED) is 0.625. The van der Waals surface area contributed by atoms with E-state index in [9.17, 15) is 4.79 Å². The first-order valence-corrected chi connectivity index (χ1v) is 10.3. The summed E-state index contributed by atoms with van der Waals surface area (Å²) in [7, 11) is 1.54. The van der Waals surface area contributed by atoms with Crippen molar-refractivity contribution in [1.82, 2.24) is 34.8 Å². The molecule has 5 rings (SSSR count). The molecular weight excluding hydrogens is 396 g/mol. The van der Waals surface area contributed by atoms with Crippen molar-refractivity contribution in [2.24, 2.45) is 5.92 Å². The van der Waals surface area contributed by atoms with Gasteiger partial charge in [0.2, 0.25) is 11.8 Å². The van der Waals surface area contributed by atoms with Crippen molar-refractivity contribution in [1.29, 1.82) is 0 Å². The van der Waals surface area contributed by atoms with Gasteiger partial charge in [-0.25, -0.2) is 9.97 Å². The third kappa shape index (κ3) is 3.47. The Labute approximate surface area is 179 Å². The zero-order valence-corrected chi connectivity index (χ0v) is 17.8. The van der Waals surface area contributed by atoms with E-state index in [0.717, 1.165) is 30.3 Å². The number of hydrogen-bond donors (Lipinski definition) is 0. The number of ether oxygens (including phenoxy) is 1. The molecule has 2 atom stereocenters. The Morgan fingerprint density at radius 3 is 2.52 bits per heavy atom. The number of amides is 1. The Morgan fingerprint density at radius 2 is 1.81 bits per heavy atom. The van der Waals surface area contributed by atoms with Gasteiger partial charge in [-0.2, -0.15) is 15.2 Å². The van der Waals surface area contributed by atoms with Gasteiger partial charge in [0.05, 0.1) is 31.1 Å². The number of carbonyl (C=O) groups is 1. The maximum Gasteiger partial charge on any atom is 0.257 e. The first kappa shape index (κ1) is 19.4. The monoisotopic (exact) mass is 420 g/mol. The second-order valence-corrected chi connectivity index (χ2v) is 8.01. The average Bonchev–Trinajstić information content (AvgIpc) is 3.28. The normalized spacial score (nSPS) is 20.2. The lowest BCUT2D eigenvalue weighted by atomic mass is 9.82. The minimum atomic E-state index is -0.0888. The highest BCUT2D eigenvalue weighted by atomic mass is 16.5. The highest BCUT2D eigenvalue weighted by molar-refractivity contribution is 5.97. The summed E-state index contributed by atoms with van der Waals surface area (Å²) in [6.45, 7) is 6.22. The van der Waals surface area contributed by atoms with Crippen LogP contribution in [-0.4, -0.2) is 73.5 Å². The summed E-state index contributed by atoms with van der Waals surface area (Å²) in [6, 6.07) is 5.60. The van der Waals surface area contributed by atoms with Gasteiger partial charge in [-0.3, -0.25) is 4.79 Å². The zero-order chi connectivity index (χ0) is 21.5. The Morgan fingerprint density at radius 1 is 1.06 bits per heavy atom. The Bertz CT molecular complexity index is 1100. The van der Waals surface area contributed by atoms with Crippen LogP contribution in [0.25, 0.3) is 5.82 Å². The van der Waals surface area contributed by atoms with Crippen LogP contribution in [0.15, 0.2) is 30.6 Å². The van der Waals surface area contributed by atoms with Crippen LogP contribution in [0.2, 0.25) is 0 Å². The molecule has 0 spiro atoms. The molecule has 0 aromatic carbocycles. The molecule has 1 amide bonds. The van der Waals surface area contributed by atoms with Crippen LogP contribution in [0.5, 0.6) is 5.88 Å². The summed E-state index contributed by atoms with van der Waals surface area (Å²) in [6.07, 6.45) is 4.06. The molecule has 2 aliphatic rings. The maximum absolute atomic E-state index is 13.5. The second kappa shape index (κ2) is 7.60. The Hall–Kier alpha value is -3.56. The van der Waals surface area contributed by atoms with E-state index in [1.54, 1.807) is 24.5 Å². The molecule has 2 fully saturated rings. The summed E-state index contributed by atoms with van der Waals surface area (Å²) in [5.74, 6) is 1.98. The van der Waals surface area contributed by atoms with E-state index in [0.29, 0.717) is 36.3 Å². The van der Waals surface area contributed by atoms with Crippen molar-refractivity contribution in [3.8, 4) is 11.7 Å². The Kier molecular flexibility index (Phi) is 4.76. The largest absolute Gasteiger partial charge is 0.481 e. The number of pyridine rings is 1. The van der Waals surface area contributed by atoms with Crippen LogP contribution in [0.1, 0.15) is 28.2 Å². The van der Waals surface area contributed by atoms with E-state index in [2.05, 4.69) is 30.0 Å².